The maximum atomic E-state index is 12.3. The van der Waals surface area contributed by atoms with Crippen LogP contribution < -0.4 is 10.0 Å². The fraction of sp³-hybridized carbons (Fsp3) is 0.444. The molecule has 0 saturated heterocycles. The highest BCUT2D eigenvalue weighted by atomic mass is 32.7. The summed E-state index contributed by atoms with van der Waals surface area (Å²) in [4.78, 5) is 16.9. The maximum absolute atomic E-state index is 12.3. The number of thiazole rings is 1. The minimum atomic E-state index is -3.42. The van der Waals surface area contributed by atoms with Gasteiger partial charge >= 0.3 is 6.09 Å². The molecule has 0 aliphatic carbocycles. The first-order valence-electron chi connectivity index (χ1n) is 8.77. The summed E-state index contributed by atoms with van der Waals surface area (Å²) in [6.45, 7) is 5.79. The van der Waals surface area contributed by atoms with Crippen molar-refractivity contribution in [3.05, 3.63) is 45.9 Å². The molecule has 1 heterocycles. The molecule has 11 heteroatoms. The van der Waals surface area contributed by atoms with Crippen molar-refractivity contribution in [2.75, 3.05) is 11.8 Å². The minimum Gasteiger partial charge on any atom is -0.444 e. The van der Waals surface area contributed by atoms with Gasteiger partial charge in [-0.2, -0.15) is 0 Å². The molecule has 1 unspecified atom stereocenters. The number of nitrogens with one attached hydrogen (secondary N) is 2. The summed E-state index contributed by atoms with van der Waals surface area (Å²) in [5.41, 5.74) is 1.53. The molecule has 2 aromatic rings. The molecule has 1 aromatic carbocycles. The monoisotopic (exact) mass is 459 g/mol. The summed E-state index contributed by atoms with van der Waals surface area (Å²) in [6, 6.07) is 6.53. The Morgan fingerprint density at radius 1 is 1.28 bits per heavy atom. The number of carbonyl (C=O) groups excluding carboxylic acids is 1. The molecule has 0 spiro atoms. The molecule has 0 saturated carbocycles. The first kappa shape index (κ1) is 23.5. The van der Waals surface area contributed by atoms with Crippen LogP contribution >= 0.6 is 19.8 Å². The van der Waals surface area contributed by atoms with E-state index in [9.17, 15) is 13.2 Å². The van der Waals surface area contributed by atoms with Crippen molar-refractivity contribution in [2.24, 2.45) is 0 Å². The lowest BCUT2D eigenvalue weighted by molar-refractivity contribution is 0.0503. The fourth-order valence-corrected chi connectivity index (χ4v) is 4.18. The summed E-state index contributed by atoms with van der Waals surface area (Å²) >= 11 is 1.43. The highest BCUT2D eigenvalue weighted by Gasteiger charge is 2.23. The molecule has 1 aromatic heterocycles. The van der Waals surface area contributed by atoms with Gasteiger partial charge in [-0.25, -0.2) is 18.2 Å². The van der Waals surface area contributed by atoms with Crippen LogP contribution in [0.15, 0.2) is 29.6 Å². The standard InChI is InChI=1S/C18H26N3O5PS2/c1-18(2,3)26-17(22)20-15(16-19-14(10-25-4)11-28-16)9-12-5-7-13(8-6-12)21-29(23,24)27/h5-8,11,15,21H,9-10,27H2,1-4H3,(H,20,22)/t15-/m0/s1. The third-order valence-electron chi connectivity index (χ3n) is 3.50. The number of alkyl carbamates (subject to hydrolysis) is 1. The van der Waals surface area contributed by atoms with E-state index in [4.69, 9.17) is 9.47 Å². The van der Waals surface area contributed by atoms with Gasteiger partial charge in [0.1, 0.15) is 10.6 Å². The molecule has 1 amide bonds. The largest absolute Gasteiger partial charge is 0.444 e. The number of aromatic nitrogens is 1. The molecule has 2 rings (SSSR count). The SMILES string of the molecule is COCc1csc([C@H](Cc2ccc(NS(=O)(=O)P)cc2)NC(=O)OC(C)(C)C)n1. The lowest BCUT2D eigenvalue weighted by Gasteiger charge is -2.23. The molecule has 0 aliphatic rings. The molecule has 29 heavy (non-hydrogen) atoms. The lowest BCUT2D eigenvalue weighted by atomic mass is 10.1. The van der Waals surface area contributed by atoms with E-state index in [1.54, 1.807) is 60.6 Å². The minimum absolute atomic E-state index is 0.388. The number of nitrogens with zero attached hydrogens (tertiary/aromatic N) is 1. The molecule has 160 valence electrons. The predicted molar refractivity (Wildman–Crippen MR) is 117 cm³/mol. The van der Waals surface area contributed by atoms with Gasteiger partial charge in [-0.1, -0.05) is 12.1 Å². The lowest BCUT2D eigenvalue weighted by Crippen LogP contribution is -2.35. The third kappa shape index (κ3) is 8.65. The van der Waals surface area contributed by atoms with Crippen molar-refractivity contribution in [3.8, 4) is 0 Å². The molecule has 0 bridgehead atoms. The Bertz CT molecular complexity index is 924. The van der Waals surface area contributed by atoms with Gasteiger partial charge in [-0.05, 0) is 44.9 Å². The number of benzene rings is 1. The smallest absolute Gasteiger partial charge is 0.408 e. The Kier molecular flexibility index (Phi) is 7.99. The van der Waals surface area contributed by atoms with Crippen LogP contribution in [-0.2, 0) is 32.1 Å². The van der Waals surface area contributed by atoms with Gasteiger partial charge < -0.3 is 14.8 Å². The van der Waals surface area contributed by atoms with Crippen LogP contribution in [0.1, 0.15) is 43.1 Å². The Morgan fingerprint density at radius 3 is 2.48 bits per heavy atom. The van der Waals surface area contributed by atoms with E-state index in [0.717, 1.165) is 16.3 Å². The van der Waals surface area contributed by atoms with Gasteiger partial charge in [0, 0.05) is 26.6 Å². The van der Waals surface area contributed by atoms with Crippen molar-refractivity contribution in [1.82, 2.24) is 10.3 Å². The van der Waals surface area contributed by atoms with Gasteiger partial charge in [-0.3, -0.25) is 4.72 Å². The number of carbonyl (C=O) groups is 1. The van der Waals surface area contributed by atoms with Crippen LogP contribution in [0.5, 0.6) is 0 Å². The first-order valence-corrected chi connectivity index (χ1v) is 12.6. The van der Waals surface area contributed by atoms with Crippen molar-refractivity contribution in [1.29, 1.82) is 0 Å². The molecule has 0 fully saturated rings. The van der Waals surface area contributed by atoms with Gasteiger partial charge in [0.25, 0.3) is 0 Å². The van der Waals surface area contributed by atoms with Crippen LogP contribution in [0.3, 0.4) is 0 Å². The molecule has 8 nitrogen and oxygen atoms in total. The summed E-state index contributed by atoms with van der Waals surface area (Å²) in [5, 5.41) is 5.50. The number of rotatable bonds is 8. The Morgan fingerprint density at radius 2 is 1.93 bits per heavy atom. The molecule has 0 aliphatic heterocycles. The third-order valence-corrected chi connectivity index (χ3v) is 5.39. The van der Waals surface area contributed by atoms with Crippen LogP contribution in [-0.4, -0.2) is 32.2 Å². The summed E-state index contributed by atoms with van der Waals surface area (Å²) in [6.07, 6.45) is -0.0639. The molecular weight excluding hydrogens is 433 g/mol. The highest BCUT2D eigenvalue weighted by molar-refractivity contribution is 8.38. The first-order chi connectivity index (χ1) is 13.4. The van der Waals surface area contributed by atoms with Crippen molar-refractivity contribution in [3.63, 3.8) is 0 Å². The summed E-state index contributed by atoms with van der Waals surface area (Å²) in [5.74, 6) is 0. The fourth-order valence-electron chi connectivity index (χ4n) is 2.46. The van der Waals surface area contributed by atoms with Crippen molar-refractivity contribution in [2.45, 2.75) is 45.4 Å². The topological polar surface area (TPSA) is 107 Å². The normalized spacial score (nSPS) is 13.0. The van der Waals surface area contributed by atoms with E-state index in [1.807, 2.05) is 5.38 Å². The van der Waals surface area contributed by atoms with Crippen LogP contribution in [0, 0.1) is 0 Å². The van der Waals surface area contributed by atoms with E-state index in [1.165, 1.54) is 11.3 Å². The molecule has 2 atom stereocenters. The van der Waals surface area contributed by atoms with E-state index in [0.29, 0.717) is 18.7 Å². The van der Waals surface area contributed by atoms with Gasteiger partial charge in [0.2, 0.25) is 9.64 Å². The Labute approximate surface area is 177 Å². The Balaban J connectivity index is 2.18. The average Bonchev–Trinajstić information content (AvgIpc) is 3.02. The number of hydrogen-bond donors (Lipinski definition) is 2. The zero-order valence-corrected chi connectivity index (χ0v) is 19.5. The van der Waals surface area contributed by atoms with E-state index >= 15 is 0 Å². The van der Waals surface area contributed by atoms with E-state index in [2.05, 4.69) is 15.0 Å². The van der Waals surface area contributed by atoms with Crippen LogP contribution in [0.4, 0.5) is 10.5 Å². The van der Waals surface area contributed by atoms with Gasteiger partial charge in [0.05, 0.1) is 18.3 Å². The second-order valence-electron chi connectivity index (χ2n) is 7.36. The zero-order valence-electron chi connectivity index (χ0n) is 16.8. The summed E-state index contributed by atoms with van der Waals surface area (Å²) in [7, 11) is -0.0766. The Hall–Kier alpha value is -1.74. The van der Waals surface area contributed by atoms with Crippen molar-refractivity contribution >= 4 is 41.2 Å². The van der Waals surface area contributed by atoms with Crippen molar-refractivity contribution < 1.29 is 22.7 Å². The summed E-state index contributed by atoms with van der Waals surface area (Å²) < 4.78 is 35.5. The maximum Gasteiger partial charge on any atom is 0.408 e. The highest BCUT2D eigenvalue weighted by Crippen LogP contribution is 2.24. The quantitative estimate of drug-likeness (QED) is 0.584. The predicted octanol–water partition coefficient (Wildman–Crippen LogP) is 3.63. The average molecular weight is 460 g/mol. The number of hydrogen-bond acceptors (Lipinski definition) is 7. The van der Waals surface area contributed by atoms with Gasteiger partial charge in [0.15, 0.2) is 0 Å². The van der Waals surface area contributed by atoms with Gasteiger partial charge in [-0.15, -0.1) is 11.3 Å². The molecular formula is C18H26N3O5PS2. The zero-order chi connectivity index (χ0) is 21.7. The number of methoxy groups -OCH3 is 1. The number of ether oxygens (including phenoxy) is 2. The van der Waals surface area contributed by atoms with Crippen LogP contribution in [0.2, 0.25) is 0 Å². The van der Waals surface area contributed by atoms with E-state index < -0.39 is 27.4 Å². The second kappa shape index (κ2) is 9.84. The van der Waals surface area contributed by atoms with E-state index in [-0.39, 0.29) is 0 Å². The van der Waals surface area contributed by atoms with Crippen LogP contribution in [0.25, 0.3) is 0 Å². The number of amides is 1. The molecule has 2 N–H and O–H groups in total. The second-order valence-corrected chi connectivity index (χ2v) is 11.4. The molecule has 0 radical (unpaired) electrons. The number of anilines is 1.